The minimum absolute atomic E-state index is 0.00861. The lowest BCUT2D eigenvalue weighted by Gasteiger charge is -2.03. The summed E-state index contributed by atoms with van der Waals surface area (Å²) >= 11 is 0. The average Bonchev–Trinajstić information content (AvgIpc) is 2.77. The smallest absolute Gasteiger partial charge is 0.352 e. The van der Waals surface area contributed by atoms with Gasteiger partial charge in [-0.3, -0.25) is 4.79 Å². The Labute approximate surface area is 76.6 Å². The molecule has 0 unspecified atom stereocenters. The summed E-state index contributed by atoms with van der Waals surface area (Å²) in [5.41, 5.74) is -0.0379. The van der Waals surface area contributed by atoms with Crippen LogP contribution in [0.5, 0.6) is 0 Å². The van der Waals surface area contributed by atoms with E-state index in [0.717, 1.165) is 6.42 Å². The summed E-state index contributed by atoms with van der Waals surface area (Å²) in [6, 6.07) is 0. The molecule has 2 N–H and O–H groups in total. The number of aliphatic carboxylic acids is 1. The van der Waals surface area contributed by atoms with Crippen LogP contribution in [-0.4, -0.2) is 17.0 Å². The first-order chi connectivity index (χ1) is 6.06. The summed E-state index contributed by atoms with van der Waals surface area (Å²) in [5.74, 6) is -0.867. The number of hydrogen-bond acceptors (Lipinski definition) is 2. The van der Waals surface area contributed by atoms with Crippen LogP contribution in [0.15, 0.2) is 11.8 Å². The van der Waals surface area contributed by atoms with E-state index in [9.17, 15) is 9.59 Å². The number of carboxylic acid groups (broad SMARTS) is 1. The van der Waals surface area contributed by atoms with Crippen LogP contribution in [0.3, 0.4) is 0 Å². The fourth-order valence-corrected chi connectivity index (χ4v) is 1.16. The third-order valence-electron chi connectivity index (χ3n) is 2.22. The van der Waals surface area contributed by atoms with E-state index in [1.165, 1.54) is 6.08 Å². The Morgan fingerprint density at radius 2 is 2.08 bits per heavy atom. The highest BCUT2D eigenvalue weighted by atomic mass is 16.4. The molecule has 0 aromatic rings. The van der Waals surface area contributed by atoms with E-state index in [4.69, 9.17) is 5.11 Å². The van der Waals surface area contributed by atoms with Crippen molar-refractivity contribution in [2.45, 2.75) is 20.3 Å². The second-order valence-corrected chi connectivity index (χ2v) is 3.32. The zero-order valence-electron chi connectivity index (χ0n) is 7.70. The highest BCUT2D eigenvalue weighted by Gasteiger charge is 2.39. The van der Waals surface area contributed by atoms with Gasteiger partial charge in [-0.05, 0) is 19.3 Å². The zero-order chi connectivity index (χ0) is 10.0. The van der Waals surface area contributed by atoms with E-state index in [-0.39, 0.29) is 17.5 Å². The number of allylic oxidation sites excluding steroid dienone is 1. The van der Waals surface area contributed by atoms with Crippen molar-refractivity contribution < 1.29 is 14.7 Å². The van der Waals surface area contributed by atoms with Gasteiger partial charge in [0.2, 0.25) is 5.91 Å². The van der Waals surface area contributed by atoms with Crippen molar-refractivity contribution in [3.8, 4) is 0 Å². The van der Waals surface area contributed by atoms with E-state index in [0.29, 0.717) is 5.92 Å². The highest BCUT2D eigenvalue weighted by molar-refractivity contribution is 5.94. The largest absolute Gasteiger partial charge is 0.477 e. The number of carbonyl (C=O) groups is 2. The van der Waals surface area contributed by atoms with Crippen LogP contribution in [0, 0.1) is 11.8 Å². The first-order valence-electron chi connectivity index (χ1n) is 4.26. The number of rotatable bonds is 3. The van der Waals surface area contributed by atoms with Gasteiger partial charge in [-0.15, -0.1) is 0 Å². The molecule has 0 bridgehead atoms. The molecule has 4 heteroatoms. The maximum absolute atomic E-state index is 11.3. The molecule has 0 aromatic heterocycles. The quantitative estimate of drug-likeness (QED) is 0.634. The van der Waals surface area contributed by atoms with Crippen molar-refractivity contribution >= 4 is 11.9 Å². The molecular formula is C9H13NO3. The van der Waals surface area contributed by atoms with E-state index >= 15 is 0 Å². The van der Waals surface area contributed by atoms with Gasteiger partial charge in [0.1, 0.15) is 5.70 Å². The SMILES string of the molecule is C/C=C(/NC(=O)[C@@H]1C[C@@H]1C)C(=O)O. The van der Waals surface area contributed by atoms with Crippen molar-refractivity contribution in [2.75, 3.05) is 0 Å². The number of hydrogen-bond donors (Lipinski definition) is 2. The number of carbonyl (C=O) groups excluding carboxylic acids is 1. The summed E-state index contributed by atoms with van der Waals surface area (Å²) < 4.78 is 0. The van der Waals surface area contributed by atoms with Crippen LogP contribution in [0.4, 0.5) is 0 Å². The van der Waals surface area contributed by atoms with Crippen LogP contribution < -0.4 is 5.32 Å². The van der Waals surface area contributed by atoms with Gasteiger partial charge < -0.3 is 10.4 Å². The fourth-order valence-electron chi connectivity index (χ4n) is 1.16. The summed E-state index contributed by atoms with van der Waals surface area (Å²) in [5, 5.41) is 11.0. The van der Waals surface area contributed by atoms with Gasteiger partial charge in [0.05, 0.1) is 0 Å². The average molecular weight is 183 g/mol. The summed E-state index contributed by atoms with van der Waals surface area (Å²) in [6.07, 6.45) is 2.25. The lowest BCUT2D eigenvalue weighted by atomic mass is 10.3. The van der Waals surface area contributed by atoms with Crippen LogP contribution in [-0.2, 0) is 9.59 Å². The monoisotopic (exact) mass is 183 g/mol. The molecule has 1 aliphatic carbocycles. The molecule has 2 atom stereocenters. The van der Waals surface area contributed by atoms with Crippen molar-refractivity contribution in [3.63, 3.8) is 0 Å². The molecule has 0 aliphatic heterocycles. The van der Waals surface area contributed by atoms with E-state index in [1.54, 1.807) is 6.92 Å². The van der Waals surface area contributed by atoms with Crippen LogP contribution in [0.1, 0.15) is 20.3 Å². The second-order valence-electron chi connectivity index (χ2n) is 3.32. The predicted molar refractivity (Wildman–Crippen MR) is 46.8 cm³/mol. The van der Waals surface area contributed by atoms with Crippen LogP contribution in [0.25, 0.3) is 0 Å². The Balaban J connectivity index is 2.48. The van der Waals surface area contributed by atoms with E-state index < -0.39 is 5.97 Å². The minimum atomic E-state index is -1.09. The van der Waals surface area contributed by atoms with Crippen molar-refractivity contribution in [1.82, 2.24) is 5.32 Å². The Kier molecular flexibility index (Phi) is 2.70. The van der Waals surface area contributed by atoms with Crippen LogP contribution in [0.2, 0.25) is 0 Å². The molecule has 1 aliphatic rings. The second kappa shape index (κ2) is 3.60. The molecule has 0 radical (unpaired) electrons. The van der Waals surface area contributed by atoms with E-state index in [2.05, 4.69) is 5.32 Å². The molecule has 0 saturated heterocycles. The Morgan fingerprint density at radius 1 is 1.54 bits per heavy atom. The molecule has 1 rings (SSSR count). The fraction of sp³-hybridized carbons (Fsp3) is 0.556. The maximum Gasteiger partial charge on any atom is 0.352 e. The first kappa shape index (κ1) is 9.77. The van der Waals surface area contributed by atoms with Gasteiger partial charge in [0.25, 0.3) is 0 Å². The van der Waals surface area contributed by atoms with Gasteiger partial charge in [0.15, 0.2) is 0 Å². The molecule has 1 amide bonds. The number of nitrogens with one attached hydrogen (secondary N) is 1. The van der Waals surface area contributed by atoms with E-state index in [1.807, 2.05) is 6.92 Å². The molecule has 0 spiro atoms. The Bertz CT molecular complexity index is 270. The molecule has 1 saturated carbocycles. The summed E-state index contributed by atoms with van der Waals surface area (Å²) in [6.45, 7) is 3.56. The van der Waals surface area contributed by atoms with Gasteiger partial charge in [0, 0.05) is 5.92 Å². The lowest BCUT2D eigenvalue weighted by molar-refractivity contribution is -0.134. The molecule has 1 fully saturated rings. The highest BCUT2D eigenvalue weighted by Crippen LogP contribution is 2.37. The van der Waals surface area contributed by atoms with Gasteiger partial charge in [-0.2, -0.15) is 0 Å². The number of carboxylic acids is 1. The Hall–Kier alpha value is -1.32. The van der Waals surface area contributed by atoms with Crippen molar-refractivity contribution in [2.24, 2.45) is 11.8 Å². The number of amides is 1. The normalized spacial score (nSPS) is 26.8. The third kappa shape index (κ3) is 2.31. The first-order valence-corrected chi connectivity index (χ1v) is 4.26. The predicted octanol–water partition coefficient (Wildman–Crippen LogP) is 0.747. The maximum atomic E-state index is 11.3. The molecule has 4 nitrogen and oxygen atoms in total. The lowest BCUT2D eigenvalue weighted by Crippen LogP contribution is -2.28. The Morgan fingerprint density at radius 3 is 2.38 bits per heavy atom. The summed E-state index contributed by atoms with van der Waals surface area (Å²) in [4.78, 5) is 21.8. The van der Waals surface area contributed by atoms with Gasteiger partial charge in [-0.1, -0.05) is 13.0 Å². The van der Waals surface area contributed by atoms with Gasteiger partial charge >= 0.3 is 5.97 Å². The van der Waals surface area contributed by atoms with Crippen molar-refractivity contribution in [1.29, 1.82) is 0 Å². The topological polar surface area (TPSA) is 66.4 Å². The standard InChI is InChI=1S/C9H13NO3/c1-3-7(9(12)13)10-8(11)6-4-5(6)2/h3,5-6H,4H2,1-2H3,(H,10,11)(H,12,13)/b7-3+/t5-,6+/m0/s1. The minimum Gasteiger partial charge on any atom is -0.477 e. The third-order valence-corrected chi connectivity index (χ3v) is 2.22. The van der Waals surface area contributed by atoms with Crippen molar-refractivity contribution in [3.05, 3.63) is 11.8 Å². The molecule has 0 aromatic carbocycles. The summed E-state index contributed by atoms with van der Waals surface area (Å²) in [7, 11) is 0. The van der Waals surface area contributed by atoms with Gasteiger partial charge in [-0.25, -0.2) is 4.79 Å². The molecular weight excluding hydrogens is 170 g/mol. The molecule has 13 heavy (non-hydrogen) atoms. The molecule has 72 valence electrons. The molecule has 0 heterocycles. The van der Waals surface area contributed by atoms with Crippen LogP contribution >= 0.6 is 0 Å². The zero-order valence-corrected chi connectivity index (χ0v) is 7.70.